The van der Waals surface area contributed by atoms with E-state index < -0.39 is 0 Å². The molecule has 0 fully saturated rings. The smallest absolute Gasteiger partial charge is 0.130 e. The second-order valence-corrected chi connectivity index (χ2v) is 4.26. The lowest BCUT2D eigenvalue weighted by Crippen LogP contribution is -1.86. The maximum Gasteiger partial charge on any atom is 0.130 e. The normalized spacial score (nSPS) is 11.6. The topological polar surface area (TPSA) is 17.1 Å². The quantitative estimate of drug-likeness (QED) is 0.382. The fourth-order valence-corrected chi connectivity index (χ4v) is 1.46. The van der Waals surface area contributed by atoms with Gasteiger partial charge in [-0.05, 0) is 39.0 Å². The molecule has 0 aliphatic rings. The first-order valence-corrected chi connectivity index (χ1v) is 6.56. The van der Waals surface area contributed by atoms with Crippen LogP contribution in [0.5, 0.6) is 0 Å². The van der Waals surface area contributed by atoms with Gasteiger partial charge in [-0.2, -0.15) is 0 Å². The summed E-state index contributed by atoms with van der Waals surface area (Å²) in [5.74, 6) is 0.278. The molecule has 0 saturated heterocycles. The van der Waals surface area contributed by atoms with Gasteiger partial charge in [-0.1, -0.05) is 44.1 Å². The highest BCUT2D eigenvalue weighted by Crippen LogP contribution is 2.02. The van der Waals surface area contributed by atoms with Crippen LogP contribution in [0.1, 0.15) is 65.2 Å². The van der Waals surface area contributed by atoms with Crippen LogP contribution in [-0.4, -0.2) is 5.78 Å². The van der Waals surface area contributed by atoms with E-state index in [1.165, 1.54) is 25.7 Å². The van der Waals surface area contributed by atoms with Crippen LogP contribution in [0.3, 0.4) is 0 Å². The Morgan fingerprint density at radius 2 is 1.44 bits per heavy atom. The highest BCUT2D eigenvalue weighted by atomic mass is 16.1. The first-order valence-electron chi connectivity index (χ1n) is 6.56. The molecule has 0 aromatic carbocycles. The lowest BCUT2D eigenvalue weighted by molar-refractivity contribution is -0.116. The maximum absolute atomic E-state index is 10.7. The zero-order valence-electron chi connectivity index (χ0n) is 10.9. The summed E-state index contributed by atoms with van der Waals surface area (Å²) in [5.41, 5.74) is 0. The van der Waals surface area contributed by atoms with E-state index in [1.54, 1.807) is 6.92 Å². The van der Waals surface area contributed by atoms with Crippen LogP contribution in [0.2, 0.25) is 0 Å². The van der Waals surface area contributed by atoms with Crippen molar-refractivity contribution in [3.05, 3.63) is 24.3 Å². The first-order chi connectivity index (χ1) is 7.77. The molecule has 16 heavy (non-hydrogen) atoms. The minimum atomic E-state index is 0.278. The number of allylic oxidation sites excluding steroid dienone is 4. The number of hydrogen-bond donors (Lipinski definition) is 0. The van der Waals surface area contributed by atoms with Crippen molar-refractivity contribution in [1.82, 2.24) is 0 Å². The number of hydrogen-bond acceptors (Lipinski definition) is 1. The van der Waals surface area contributed by atoms with Gasteiger partial charge in [0, 0.05) is 6.42 Å². The monoisotopic (exact) mass is 222 g/mol. The van der Waals surface area contributed by atoms with Crippen LogP contribution < -0.4 is 0 Å². The third kappa shape index (κ3) is 13.2. The van der Waals surface area contributed by atoms with Crippen molar-refractivity contribution in [2.75, 3.05) is 0 Å². The summed E-state index contributed by atoms with van der Waals surface area (Å²) in [7, 11) is 0. The number of rotatable bonds is 10. The van der Waals surface area contributed by atoms with Crippen LogP contribution in [-0.2, 0) is 4.79 Å². The number of carbonyl (C=O) groups excluding carboxylic acids is 1. The lowest BCUT2D eigenvalue weighted by atomic mass is 10.1. The van der Waals surface area contributed by atoms with Gasteiger partial charge in [0.05, 0.1) is 0 Å². The molecule has 0 rings (SSSR count). The predicted octanol–water partition coefficient (Wildman–Crippen LogP) is 4.83. The van der Waals surface area contributed by atoms with E-state index in [0.717, 1.165) is 19.3 Å². The van der Waals surface area contributed by atoms with Crippen LogP contribution in [0.15, 0.2) is 24.3 Å². The van der Waals surface area contributed by atoms with Crippen molar-refractivity contribution in [2.24, 2.45) is 0 Å². The molecule has 0 atom stereocenters. The van der Waals surface area contributed by atoms with Crippen LogP contribution in [0, 0.1) is 0 Å². The molecular formula is C15H26O. The van der Waals surface area contributed by atoms with Gasteiger partial charge < -0.3 is 4.79 Å². The molecule has 0 amide bonds. The molecule has 0 saturated carbocycles. The van der Waals surface area contributed by atoms with E-state index >= 15 is 0 Å². The Morgan fingerprint density at radius 1 is 0.875 bits per heavy atom. The summed E-state index contributed by atoms with van der Waals surface area (Å²) >= 11 is 0. The van der Waals surface area contributed by atoms with Crippen LogP contribution in [0.25, 0.3) is 0 Å². The molecule has 0 aliphatic heterocycles. The van der Waals surface area contributed by atoms with Gasteiger partial charge in [0.1, 0.15) is 5.78 Å². The van der Waals surface area contributed by atoms with Gasteiger partial charge in [0.15, 0.2) is 0 Å². The molecule has 0 bridgehead atoms. The molecule has 0 aliphatic carbocycles. The number of carbonyl (C=O) groups is 1. The molecule has 0 N–H and O–H groups in total. The zero-order chi connectivity index (χ0) is 12.1. The van der Waals surface area contributed by atoms with Crippen molar-refractivity contribution in [3.8, 4) is 0 Å². The summed E-state index contributed by atoms with van der Waals surface area (Å²) in [6.07, 6.45) is 17.9. The molecule has 1 heteroatoms. The van der Waals surface area contributed by atoms with Crippen molar-refractivity contribution in [2.45, 2.75) is 65.2 Å². The van der Waals surface area contributed by atoms with E-state index in [2.05, 4.69) is 31.2 Å². The third-order valence-corrected chi connectivity index (χ3v) is 2.47. The van der Waals surface area contributed by atoms with Gasteiger partial charge in [0.2, 0.25) is 0 Å². The molecule has 0 aromatic rings. The Bertz CT molecular complexity index is 213. The third-order valence-electron chi connectivity index (χ3n) is 2.47. The molecular weight excluding hydrogens is 196 g/mol. The van der Waals surface area contributed by atoms with E-state index in [4.69, 9.17) is 0 Å². The number of unbranched alkanes of at least 4 members (excludes halogenated alkanes) is 4. The highest BCUT2D eigenvalue weighted by Gasteiger charge is 1.87. The fourth-order valence-electron chi connectivity index (χ4n) is 1.46. The predicted molar refractivity (Wildman–Crippen MR) is 71.6 cm³/mol. The summed E-state index contributed by atoms with van der Waals surface area (Å²) < 4.78 is 0. The lowest BCUT2D eigenvalue weighted by Gasteiger charge is -1.92. The van der Waals surface area contributed by atoms with Gasteiger partial charge in [0.25, 0.3) is 0 Å². The zero-order valence-corrected chi connectivity index (χ0v) is 10.9. The van der Waals surface area contributed by atoms with Gasteiger partial charge >= 0.3 is 0 Å². The van der Waals surface area contributed by atoms with Crippen LogP contribution >= 0.6 is 0 Å². The highest BCUT2D eigenvalue weighted by molar-refractivity contribution is 5.75. The molecule has 0 aromatic heterocycles. The van der Waals surface area contributed by atoms with E-state index in [9.17, 15) is 4.79 Å². The first kappa shape index (κ1) is 15.2. The van der Waals surface area contributed by atoms with Crippen LogP contribution in [0.4, 0.5) is 0 Å². The number of ketones is 1. The second-order valence-electron chi connectivity index (χ2n) is 4.26. The van der Waals surface area contributed by atoms with Gasteiger partial charge in [-0.25, -0.2) is 0 Å². The Morgan fingerprint density at radius 3 is 2.00 bits per heavy atom. The Hall–Kier alpha value is -0.850. The summed E-state index contributed by atoms with van der Waals surface area (Å²) in [6.45, 7) is 3.88. The van der Waals surface area contributed by atoms with E-state index in [0.29, 0.717) is 6.42 Å². The van der Waals surface area contributed by atoms with Crippen molar-refractivity contribution in [1.29, 1.82) is 0 Å². The molecule has 92 valence electrons. The SMILES string of the molecule is CCCCCC=CCCC=CCCC(C)=O. The summed E-state index contributed by atoms with van der Waals surface area (Å²) in [5, 5.41) is 0. The number of Topliss-reactive ketones (excluding diaryl/α,β-unsaturated/α-hetero) is 1. The molecule has 0 radical (unpaired) electrons. The minimum Gasteiger partial charge on any atom is -0.300 e. The summed E-state index contributed by atoms with van der Waals surface area (Å²) in [6, 6.07) is 0. The van der Waals surface area contributed by atoms with Crippen molar-refractivity contribution >= 4 is 5.78 Å². The van der Waals surface area contributed by atoms with Crippen molar-refractivity contribution < 1.29 is 4.79 Å². The van der Waals surface area contributed by atoms with Crippen molar-refractivity contribution in [3.63, 3.8) is 0 Å². The Labute approximate surface area is 101 Å². The average Bonchev–Trinajstić information content (AvgIpc) is 2.25. The Kier molecular flexibility index (Phi) is 11.6. The fraction of sp³-hybridized carbons (Fsp3) is 0.667. The largest absolute Gasteiger partial charge is 0.300 e. The summed E-state index contributed by atoms with van der Waals surface area (Å²) in [4.78, 5) is 10.7. The molecule has 1 nitrogen and oxygen atoms in total. The molecule has 0 spiro atoms. The van der Waals surface area contributed by atoms with Gasteiger partial charge in [-0.3, -0.25) is 0 Å². The van der Waals surface area contributed by atoms with Gasteiger partial charge in [-0.15, -0.1) is 0 Å². The second kappa shape index (κ2) is 12.2. The molecule has 0 heterocycles. The maximum atomic E-state index is 10.7. The van der Waals surface area contributed by atoms with E-state index in [-0.39, 0.29) is 5.78 Å². The standard InChI is InChI=1S/C15H26O/c1-3-4-5-6-7-8-9-10-11-12-13-14-15(2)16/h7-8,11-12H,3-6,9-10,13-14H2,1-2H3. The molecule has 0 unspecified atom stereocenters. The van der Waals surface area contributed by atoms with E-state index in [1.807, 2.05) is 0 Å². The average molecular weight is 222 g/mol. The Balaban J connectivity index is 3.22. The minimum absolute atomic E-state index is 0.278.